The summed E-state index contributed by atoms with van der Waals surface area (Å²) in [6.45, 7) is 5.20. The smallest absolute Gasteiger partial charge is 0.355 e. The van der Waals surface area contributed by atoms with E-state index >= 15 is 0 Å². The lowest BCUT2D eigenvalue weighted by Gasteiger charge is -2.15. The highest BCUT2D eigenvalue weighted by molar-refractivity contribution is 5.99. The highest BCUT2D eigenvalue weighted by atomic mass is 16.5. The molecular formula is C20H24N2O4. The van der Waals surface area contributed by atoms with Gasteiger partial charge in [0.15, 0.2) is 12.4 Å². The predicted octanol–water partition coefficient (Wildman–Crippen LogP) is 3.54. The second-order valence-electron chi connectivity index (χ2n) is 6.30. The lowest BCUT2D eigenvalue weighted by molar-refractivity contribution is -0.119. The van der Waals surface area contributed by atoms with E-state index in [4.69, 9.17) is 4.74 Å². The summed E-state index contributed by atoms with van der Waals surface area (Å²) in [5.74, 6) is -0.887. The van der Waals surface area contributed by atoms with Crippen molar-refractivity contribution in [1.82, 2.24) is 4.57 Å². The van der Waals surface area contributed by atoms with Crippen molar-refractivity contribution in [1.29, 1.82) is 0 Å². The summed E-state index contributed by atoms with van der Waals surface area (Å²) in [5.41, 5.74) is 2.42. The maximum Gasteiger partial charge on any atom is 0.355 e. The summed E-state index contributed by atoms with van der Waals surface area (Å²) >= 11 is 0. The number of ketones is 1. The fourth-order valence-electron chi connectivity index (χ4n) is 2.61. The van der Waals surface area contributed by atoms with Gasteiger partial charge in [0.05, 0.1) is 0 Å². The number of esters is 1. The van der Waals surface area contributed by atoms with Gasteiger partial charge in [0.2, 0.25) is 0 Å². The van der Waals surface area contributed by atoms with E-state index in [9.17, 15) is 14.4 Å². The van der Waals surface area contributed by atoms with E-state index in [-0.39, 0.29) is 11.5 Å². The van der Waals surface area contributed by atoms with Gasteiger partial charge >= 0.3 is 5.97 Å². The molecule has 0 bridgehead atoms. The van der Waals surface area contributed by atoms with Gasteiger partial charge < -0.3 is 14.6 Å². The molecule has 0 aliphatic heterocycles. The largest absolute Gasteiger partial charge is 0.451 e. The Morgan fingerprint density at radius 3 is 2.54 bits per heavy atom. The molecule has 6 nitrogen and oxygen atoms in total. The molecule has 0 saturated carbocycles. The number of carbonyl (C=O) groups excluding carboxylic acids is 3. The van der Waals surface area contributed by atoms with E-state index in [0.29, 0.717) is 11.5 Å². The molecule has 1 aromatic heterocycles. The van der Waals surface area contributed by atoms with E-state index in [1.54, 1.807) is 13.2 Å². The van der Waals surface area contributed by atoms with Gasteiger partial charge in [0.25, 0.3) is 5.91 Å². The zero-order valence-electron chi connectivity index (χ0n) is 15.5. The zero-order valence-corrected chi connectivity index (χ0v) is 15.5. The van der Waals surface area contributed by atoms with Crippen LogP contribution in [0.2, 0.25) is 0 Å². The second kappa shape index (κ2) is 8.47. The Morgan fingerprint density at radius 2 is 1.92 bits per heavy atom. The standard InChI is InChI=1S/C20H24N2O4/c1-5-13(2)16-8-6-7-9-17(16)21-19(24)12-26-20(25)18-10-15(14(3)23)11-22(18)4/h6-11,13H,5,12H2,1-4H3,(H,21,24)/t13-/m0/s1. The van der Waals surface area contributed by atoms with Crippen LogP contribution >= 0.6 is 0 Å². The number of carbonyl (C=O) groups is 3. The summed E-state index contributed by atoms with van der Waals surface area (Å²) in [4.78, 5) is 35.7. The first-order valence-electron chi connectivity index (χ1n) is 8.56. The summed E-state index contributed by atoms with van der Waals surface area (Å²) in [6, 6.07) is 9.04. The number of ether oxygens (including phenoxy) is 1. The van der Waals surface area contributed by atoms with E-state index in [1.165, 1.54) is 17.6 Å². The normalized spacial score (nSPS) is 11.7. The maximum atomic E-state index is 12.2. The molecule has 0 aliphatic carbocycles. The van der Waals surface area contributed by atoms with Crippen LogP contribution in [-0.2, 0) is 16.6 Å². The van der Waals surface area contributed by atoms with Crippen LogP contribution in [0.15, 0.2) is 36.5 Å². The molecule has 1 heterocycles. The molecular weight excluding hydrogens is 332 g/mol. The number of nitrogens with zero attached hydrogens (tertiary/aromatic N) is 1. The molecule has 6 heteroatoms. The predicted molar refractivity (Wildman–Crippen MR) is 99.5 cm³/mol. The van der Waals surface area contributed by atoms with Gasteiger partial charge in [0, 0.05) is 24.5 Å². The van der Waals surface area contributed by atoms with Crippen molar-refractivity contribution in [3.63, 3.8) is 0 Å². The molecule has 0 aliphatic rings. The topological polar surface area (TPSA) is 77.4 Å². The number of rotatable bonds is 7. The van der Waals surface area contributed by atoms with Gasteiger partial charge in [0.1, 0.15) is 5.69 Å². The van der Waals surface area contributed by atoms with E-state index in [2.05, 4.69) is 19.2 Å². The van der Waals surface area contributed by atoms with Gasteiger partial charge in [-0.2, -0.15) is 0 Å². The SMILES string of the molecule is CC[C@H](C)c1ccccc1NC(=O)COC(=O)c1cc(C(C)=O)cn1C. The van der Waals surface area contributed by atoms with E-state index in [1.807, 2.05) is 24.3 Å². The first kappa shape index (κ1) is 19.4. The molecule has 0 spiro atoms. The van der Waals surface area contributed by atoms with Gasteiger partial charge in [-0.3, -0.25) is 9.59 Å². The number of para-hydroxylation sites is 1. The molecule has 138 valence electrons. The van der Waals surface area contributed by atoms with Crippen LogP contribution < -0.4 is 5.32 Å². The minimum Gasteiger partial charge on any atom is -0.451 e. The number of aromatic nitrogens is 1. The minimum absolute atomic E-state index is 0.140. The quantitative estimate of drug-likeness (QED) is 0.608. The van der Waals surface area contributed by atoms with Gasteiger partial charge in [-0.05, 0) is 37.0 Å². The molecule has 1 N–H and O–H groups in total. The van der Waals surface area contributed by atoms with E-state index in [0.717, 1.165) is 17.7 Å². The molecule has 0 radical (unpaired) electrons. The number of nitrogens with one attached hydrogen (secondary N) is 1. The van der Waals surface area contributed by atoms with Crippen molar-refractivity contribution in [3.8, 4) is 0 Å². The molecule has 0 unspecified atom stereocenters. The van der Waals surface area contributed by atoms with Crippen molar-refractivity contribution < 1.29 is 19.1 Å². The Kier molecular flexibility index (Phi) is 6.33. The Hall–Kier alpha value is -2.89. The van der Waals surface area contributed by atoms with Crippen molar-refractivity contribution in [2.45, 2.75) is 33.1 Å². The first-order valence-corrected chi connectivity index (χ1v) is 8.56. The number of amides is 1. The van der Waals surface area contributed by atoms with Crippen molar-refractivity contribution in [2.24, 2.45) is 7.05 Å². The average Bonchev–Trinajstić information content (AvgIpc) is 3.01. The molecule has 0 fully saturated rings. The molecule has 1 atom stereocenters. The highest BCUT2D eigenvalue weighted by Crippen LogP contribution is 2.26. The average molecular weight is 356 g/mol. The van der Waals surface area contributed by atoms with Crippen molar-refractivity contribution >= 4 is 23.3 Å². The van der Waals surface area contributed by atoms with Crippen LogP contribution in [-0.4, -0.2) is 28.8 Å². The third-order valence-corrected chi connectivity index (χ3v) is 4.33. The number of hydrogen-bond donors (Lipinski definition) is 1. The maximum absolute atomic E-state index is 12.2. The van der Waals surface area contributed by atoms with Crippen LogP contribution in [0.4, 0.5) is 5.69 Å². The lowest BCUT2D eigenvalue weighted by atomic mass is 9.97. The Morgan fingerprint density at radius 1 is 1.23 bits per heavy atom. The minimum atomic E-state index is -0.648. The van der Waals surface area contributed by atoms with Crippen LogP contribution in [0.25, 0.3) is 0 Å². The first-order chi connectivity index (χ1) is 12.3. The molecule has 1 amide bonds. The fraction of sp³-hybridized carbons (Fsp3) is 0.350. The summed E-state index contributed by atoms with van der Waals surface area (Å²) in [5, 5.41) is 2.79. The van der Waals surface area contributed by atoms with Crippen LogP contribution in [0.1, 0.15) is 59.5 Å². The zero-order chi connectivity index (χ0) is 19.3. The molecule has 0 saturated heterocycles. The summed E-state index contributed by atoms with van der Waals surface area (Å²) < 4.78 is 6.59. The molecule has 1 aromatic carbocycles. The summed E-state index contributed by atoms with van der Waals surface area (Å²) in [6.07, 6.45) is 2.51. The third-order valence-electron chi connectivity index (χ3n) is 4.33. The molecule has 2 aromatic rings. The van der Waals surface area contributed by atoms with Crippen molar-refractivity contribution in [3.05, 3.63) is 53.3 Å². The second-order valence-corrected chi connectivity index (χ2v) is 6.30. The van der Waals surface area contributed by atoms with Crippen molar-refractivity contribution in [2.75, 3.05) is 11.9 Å². The number of benzene rings is 1. The number of hydrogen-bond acceptors (Lipinski definition) is 4. The van der Waals surface area contributed by atoms with Gasteiger partial charge in [-0.1, -0.05) is 32.0 Å². The highest BCUT2D eigenvalue weighted by Gasteiger charge is 2.17. The number of aryl methyl sites for hydroxylation is 1. The molecule has 26 heavy (non-hydrogen) atoms. The molecule has 2 rings (SSSR count). The Balaban J connectivity index is 1.99. The van der Waals surface area contributed by atoms with Crippen LogP contribution in [0, 0.1) is 0 Å². The third kappa shape index (κ3) is 4.59. The van der Waals surface area contributed by atoms with Gasteiger partial charge in [-0.15, -0.1) is 0 Å². The van der Waals surface area contributed by atoms with Crippen LogP contribution in [0.3, 0.4) is 0 Å². The summed E-state index contributed by atoms with van der Waals surface area (Å²) in [7, 11) is 1.64. The number of Topliss-reactive ketones (excluding diaryl/α,β-unsaturated/α-hetero) is 1. The Labute approximate surface area is 153 Å². The number of anilines is 1. The van der Waals surface area contributed by atoms with E-state index < -0.39 is 18.5 Å². The lowest BCUT2D eigenvalue weighted by Crippen LogP contribution is -2.22. The monoisotopic (exact) mass is 356 g/mol. The van der Waals surface area contributed by atoms with Crippen LogP contribution in [0.5, 0.6) is 0 Å². The Bertz CT molecular complexity index is 823. The fourth-order valence-corrected chi connectivity index (χ4v) is 2.61. The van der Waals surface area contributed by atoms with Gasteiger partial charge in [-0.25, -0.2) is 4.79 Å².